The van der Waals surface area contributed by atoms with Gasteiger partial charge in [0.25, 0.3) is 0 Å². The molecule has 0 unspecified atom stereocenters. The van der Waals surface area contributed by atoms with E-state index in [4.69, 9.17) is 4.74 Å². The molecular weight excluding hydrogens is 364 g/mol. The number of amides is 1. The first-order valence-corrected chi connectivity index (χ1v) is 10.7. The molecule has 0 spiro atoms. The summed E-state index contributed by atoms with van der Waals surface area (Å²) in [5.41, 5.74) is 1.49. The molecule has 1 amide bonds. The van der Waals surface area contributed by atoms with E-state index >= 15 is 0 Å². The van der Waals surface area contributed by atoms with E-state index in [0.29, 0.717) is 18.7 Å². The number of aryl methyl sites for hydroxylation is 1. The van der Waals surface area contributed by atoms with Gasteiger partial charge in [-0.25, -0.2) is 8.42 Å². The van der Waals surface area contributed by atoms with Crippen molar-refractivity contribution < 1.29 is 17.9 Å². The van der Waals surface area contributed by atoms with Crippen LogP contribution in [0, 0.1) is 6.92 Å². The minimum atomic E-state index is -3.62. The molecule has 2 aromatic rings. The van der Waals surface area contributed by atoms with Gasteiger partial charge in [-0.15, -0.1) is 0 Å². The van der Waals surface area contributed by atoms with Crippen molar-refractivity contribution in [2.75, 3.05) is 23.7 Å². The molecule has 0 heterocycles. The molecule has 0 bridgehead atoms. The molecule has 1 atom stereocenters. The van der Waals surface area contributed by atoms with E-state index in [2.05, 4.69) is 5.32 Å². The molecule has 2 aromatic carbocycles. The number of hydrogen-bond acceptors (Lipinski definition) is 4. The molecule has 146 valence electrons. The fourth-order valence-electron chi connectivity index (χ4n) is 2.73. The molecular formula is C20H26N2O4S. The van der Waals surface area contributed by atoms with Crippen LogP contribution in [0.3, 0.4) is 0 Å². The lowest BCUT2D eigenvalue weighted by Crippen LogP contribution is -2.50. The Labute approximate surface area is 161 Å². The second-order valence-electron chi connectivity index (χ2n) is 6.27. The maximum Gasteiger partial charge on any atom is 0.244 e. The largest absolute Gasteiger partial charge is 0.492 e. The number of benzene rings is 2. The number of carbonyl (C=O) groups excluding carboxylic acids is 1. The summed E-state index contributed by atoms with van der Waals surface area (Å²) in [6, 6.07) is 15.6. The zero-order valence-corrected chi connectivity index (χ0v) is 16.7. The molecule has 0 aromatic heterocycles. The van der Waals surface area contributed by atoms with Crippen molar-refractivity contribution in [3.8, 4) is 5.75 Å². The Morgan fingerprint density at radius 1 is 1.11 bits per heavy atom. The summed E-state index contributed by atoms with van der Waals surface area (Å²) >= 11 is 0. The minimum absolute atomic E-state index is 0.287. The lowest BCUT2D eigenvalue weighted by Gasteiger charge is -2.30. The van der Waals surface area contributed by atoms with E-state index in [-0.39, 0.29) is 12.5 Å². The Balaban J connectivity index is 2.04. The van der Waals surface area contributed by atoms with E-state index < -0.39 is 16.1 Å². The Morgan fingerprint density at radius 3 is 2.30 bits per heavy atom. The molecule has 2 rings (SSSR count). The van der Waals surface area contributed by atoms with Crippen LogP contribution in [-0.2, 0) is 14.8 Å². The third kappa shape index (κ3) is 5.99. The lowest BCUT2D eigenvalue weighted by molar-refractivity contribution is -0.122. The van der Waals surface area contributed by atoms with Crippen molar-refractivity contribution in [1.82, 2.24) is 5.32 Å². The highest BCUT2D eigenvalue weighted by molar-refractivity contribution is 7.92. The van der Waals surface area contributed by atoms with Gasteiger partial charge in [0, 0.05) is 0 Å². The Bertz CT molecular complexity index is 836. The van der Waals surface area contributed by atoms with Crippen molar-refractivity contribution in [3.05, 3.63) is 60.2 Å². The van der Waals surface area contributed by atoms with Crippen LogP contribution in [-0.4, -0.2) is 39.8 Å². The Morgan fingerprint density at radius 2 is 1.74 bits per heavy atom. The molecule has 27 heavy (non-hydrogen) atoms. The SMILES string of the molecule is CC[C@@H](C(=O)NCCOc1ccccc1)N(c1ccc(C)cc1)S(C)(=O)=O. The van der Waals surface area contributed by atoms with Gasteiger partial charge in [-0.2, -0.15) is 0 Å². The van der Waals surface area contributed by atoms with Crippen LogP contribution >= 0.6 is 0 Å². The monoisotopic (exact) mass is 390 g/mol. The number of hydrogen-bond donors (Lipinski definition) is 1. The number of nitrogens with zero attached hydrogens (tertiary/aromatic N) is 1. The van der Waals surface area contributed by atoms with Crippen molar-refractivity contribution in [1.29, 1.82) is 0 Å². The van der Waals surface area contributed by atoms with Gasteiger partial charge in [-0.05, 0) is 37.6 Å². The number of para-hydroxylation sites is 1. The second-order valence-corrected chi connectivity index (χ2v) is 8.13. The first-order valence-electron chi connectivity index (χ1n) is 8.84. The summed E-state index contributed by atoms with van der Waals surface area (Å²) in [4.78, 5) is 12.6. The summed E-state index contributed by atoms with van der Waals surface area (Å²) in [6.45, 7) is 4.30. The molecule has 1 N–H and O–H groups in total. The van der Waals surface area contributed by atoms with Gasteiger partial charge in [-0.3, -0.25) is 9.10 Å². The van der Waals surface area contributed by atoms with Crippen molar-refractivity contribution in [3.63, 3.8) is 0 Å². The van der Waals surface area contributed by atoms with Crippen LogP contribution in [0.4, 0.5) is 5.69 Å². The number of rotatable bonds is 9. The molecule has 0 aliphatic heterocycles. The molecule has 0 saturated heterocycles. The quantitative estimate of drug-likeness (QED) is 0.668. The first-order chi connectivity index (χ1) is 12.8. The maximum absolute atomic E-state index is 12.6. The van der Waals surface area contributed by atoms with Gasteiger partial charge >= 0.3 is 0 Å². The predicted molar refractivity (Wildman–Crippen MR) is 108 cm³/mol. The minimum Gasteiger partial charge on any atom is -0.492 e. The molecule has 7 heteroatoms. The second kappa shape index (κ2) is 9.41. The summed E-state index contributed by atoms with van der Waals surface area (Å²) in [5.74, 6) is 0.372. The third-order valence-corrected chi connectivity index (χ3v) is 5.21. The van der Waals surface area contributed by atoms with E-state index in [1.54, 1.807) is 19.1 Å². The summed E-state index contributed by atoms with van der Waals surface area (Å²) < 4.78 is 31.4. The topological polar surface area (TPSA) is 75.7 Å². The van der Waals surface area contributed by atoms with Crippen LogP contribution in [0.25, 0.3) is 0 Å². The van der Waals surface area contributed by atoms with E-state index in [1.807, 2.05) is 49.4 Å². The zero-order valence-electron chi connectivity index (χ0n) is 15.9. The summed E-state index contributed by atoms with van der Waals surface area (Å²) in [7, 11) is -3.62. The molecule has 0 fully saturated rings. The van der Waals surface area contributed by atoms with Gasteiger partial charge in [0.05, 0.1) is 18.5 Å². The van der Waals surface area contributed by atoms with Crippen LogP contribution in [0.2, 0.25) is 0 Å². The van der Waals surface area contributed by atoms with Crippen LogP contribution in [0.5, 0.6) is 5.75 Å². The fraction of sp³-hybridized carbons (Fsp3) is 0.350. The fourth-order valence-corrected chi connectivity index (χ4v) is 3.94. The summed E-state index contributed by atoms with van der Waals surface area (Å²) in [5, 5.41) is 2.77. The highest BCUT2D eigenvalue weighted by atomic mass is 32.2. The lowest BCUT2D eigenvalue weighted by atomic mass is 10.1. The number of sulfonamides is 1. The van der Waals surface area contributed by atoms with E-state index in [0.717, 1.165) is 17.6 Å². The predicted octanol–water partition coefficient (Wildman–Crippen LogP) is 2.73. The molecule has 0 radical (unpaired) electrons. The average molecular weight is 391 g/mol. The van der Waals surface area contributed by atoms with Crippen molar-refractivity contribution >= 4 is 21.6 Å². The third-order valence-electron chi connectivity index (χ3n) is 4.03. The van der Waals surface area contributed by atoms with Gasteiger partial charge in [0.2, 0.25) is 15.9 Å². The van der Waals surface area contributed by atoms with Crippen LogP contribution in [0.15, 0.2) is 54.6 Å². The number of ether oxygens (including phenoxy) is 1. The number of nitrogens with one attached hydrogen (secondary N) is 1. The smallest absolute Gasteiger partial charge is 0.244 e. The van der Waals surface area contributed by atoms with Gasteiger partial charge in [-0.1, -0.05) is 42.8 Å². The highest BCUT2D eigenvalue weighted by Crippen LogP contribution is 2.22. The van der Waals surface area contributed by atoms with Crippen molar-refractivity contribution in [2.45, 2.75) is 26.3 Å². The molecule has 0 aliphatic rings. The van der Waals surface area contributed by atoms with Gasteiger partial charge in [0.1, 0.15) is 18.4 Å². The molecule has 6 nitrogen and oxygen atoms in total. The van der Waals surface area contributed by atoms with E-state index in [9.17, 15) is 13.2 Å². The Hall–Kier alpha value is -2.54. The van der Waals surface area contributed by atoms with Crippen LogP contribution < -0.4 is 14.4 Å². The molecule has 0 saturated carbocycles. The van der Waals surface area contributed by atoms with Crippen molar-refractivity contribution in [2.24, 2.45) is 0 Å². The zero-order chi connectivity index (χ0) is 19.9. The number of anilines is 1. The highest BCUT2D eigenvalue weighted by Gasteiger charge is 2.31. The van der Waals surface area contributed by atoms with E-state index in [1.165, 1.54) is 4.31 Å². The standard InChI is InChI=1S/C20H26N2O4S/c1-4-19(20(23)21-14-15-26-18-8-6-5-7-9-18)22(27(3,24)25)17-12-10-16(2)11-13-17/h5-13,19H,4,14-15H2,1-3H3,(H,21,23)/t19-/m0/s1. The van der Waals surface area contributed by atoms with Gasteiger partial charge < -0.3 is 10.1 Å². The van der Waals surface area contributed by atoms with Gasteiger partial charge in [0.15, 0.2) is 0 Å². The summed E-state index contributed by atoms with van der Waals surface area (Å²) in [6.07, 6.45) is 1.47. The normalized spacial score (nSPS) is 12.3. The van der Waals surface area contributed by atoms with Crippen LogP contribution in [0.1, 0.15) is 18.9 Å². The first kappa shape index (κ1) is 20.8. The molecule has 0 aliphatic carbocycles. The Kier molecular flexibility index (Phi) is 7.24. The maximum atomic E-state index is 12.6. The number of carbonyl (C=O) groups is 1. The average Bonchev–Trinajstić information content (AvgIpc) is 2.64.